The summed E-state index contributed by atoms with van der Waals surface area (Å²) >= 11 is 0. The maximum Gasteiger partial charge on any atom is 0.335 e. The van der Waals surface area contributed by atoms with Gasteiger partial charge in [0, 0.05) is 17.4 Å². The Morgan fingerprint density at radius 2 is 1.52 bits per heavy atom. The lowest BCUT2D eigenvalue weighted by Gasteiger charge is -2.15. The molecule has 138 valence electrons. The van der Waals surface area contributed by atoms with Crippen molar-refractivity contribution in [3.05, 3.63) is 70.5 Å². The Kier molecular flexibility index (Phi) is 5.07. The van der Waals surface area contributed by atoms with E-state index in [0.29, 0.717) is 23.1 Å². The second-order valence-corrected chi connectivity index (χ2v) is 6.60. The largest absolute Gasteiger partial charge is 0.478 e. The summed E-state index contributed by atoms with van der Waals surface area (Å²) in [6.07, 6.45) is 0. The molecule has 2 aromatic carbocycles. The number of nitrogens with one attached hydrogen (secondary N) is 2. The number of rotatable bonds is 5. The number of nitrogens with zero attached hydrogens (tertiary/aromatic N) is 2. The van der Waals surface area contributed by atoms with E-state index < -0.39 is 5.97 Å². The monoisotopic (exact) mass is 362 g/mol. The Labute approximate surface area is 158 Å². The molecule has 0 fully saturated rings. The third-order valence-electron chi connectivity index (χ3n) is 4.15. The van der Waals surface area contributed by atoms with Crippen molar-refractivity contribution in [3.8, 4) is 0 Å². The Morgan fingerprint density at radius 1 is 0.889 bits per heavy atom. The summed E-state index contributed by atoms with van der Waals surface area (Å²) in [5, 5.41) is 15.7. The number of carboxylic acid groups (broad SMARTS) is 1. The van der Waals surface area contributed by atoms with Gasteiger partial charge in [-0.15, -0.1) is 0 Å². The Balaban J connectivity index is 1.89. The van der Waals surface area contributed by atoms with Crippen molar-refractivity contribution in [3.63, 3.8) is 0 Å². The quantitative estimate of drug-likeness (QED) is 0.599. The van der Waals surface area contributed by atoms with Crippen LogP contribution in [0.3, 0.4) is 0 Å². The van der Waals surface area contributed by atoms with Gasteiger partial charge in [-0.25, -0.2) is 14.8 Å². The summed E-state index contributed by atoms with van der Waals surface area (Å²) in [6, 6.07) is 12.7. The fourth-order valence-electron chi connectivity index (χ4n) is 3.08. The van der Waals surface area contributed by atoms with Crippen LogP contribution in [0.25, 0.3) is 0 Å². The molecule has 27 heavy (non-hydrogen) atoms. The third-order valence-corrected chi connectivity index (χ3v) is 4.15. The van der Waals surface area contributed by atoms with Gasteiger partial charge in [0.25, 0.3) is 0 Å². The van der Waals surface area contributed by atoms with Crippen molar-refractivity contribution in [2.45, 2.75) is 27.7 Å². The smallest absolute Gasteiger partial charge is 0.335 e. The minimum absolute atomic E-state index is 0.218. The molecule has 3 aromatic rings. The fourth-order valence-corrected chi connectivity index (χ4v) is 3.08. The number of anilines is 4. The highest BCUT2D eigenvalue weighted by atomic mass is 16.4. The van der Waals surface area contributed by atoms with E-state index in [1.165, 1.54) is 5.56 Å². The van der Waals surface area contributed by atoms with E-state index >= 15 is 0 Å². The molecule has 6 nitrogen and oxygen atoms in total. The molecule has 1 heterocycles. The minimum Gasteiger partial charge on any atom is -0.478 e. The molecular weight excluding hydrogens is 340 g/mol. The Morgan fingerprint density at radius 3 is 2.15 bits per heavy atom. The molecule has 6 heteroatoms. The van der Waals surface area contributed by atoms with Crippen LogP contribution in [0.2, 0.25) is 0 Å². The highest BCUT2D eigenvalue weighted by molar-refractivity contribution is 5.89. The van der Waals surface area contributed by atoms with Gasteiger partial charge >= 0.3 is 5.97 Å². The molecule has 3 N–H and O–H groups in total. The van der Waals surface area contributed by atoms with Gasteiger partial charge in [0.15, 0.2) is 0 Å². The van der Waals surface area contributed by atoms with Gasteiger partial charge in [0.2, 0.25) is 0 Å². The topological polar surface area (TPSA) is 87.1 Å². The summed E-state index contributed by atoms with van der Waals surface area (Å²) in [5.74, 6) is 0.911. The summed E-state index contributed by atoms with van der Waals surface area (Å²) in [4.78, 5) is 20.0. The normalized spacial score (nSPS) is 10.5. The van der Waals surface area contributed by atoms with Crippen LogP contribution in [-0.4, -0.2) is 21.0 Å². The molecule has 0 saturated heterocycles. The van der Waals surface area contributed by atoms with Crippen molar-refractivity contribution in [2.24, 2.45) is 0 Å². The third kappa shape index (κ3) is 4.41. The average molecular weight is 362 g/mol. The molecule has 0 radical (unpaired) electrons. The molecule has 1 aromatic heterocycles. The number of aromatic nitrogens is 2. The van der Waals surface area contributed by atoms with Crippen LogP contribution in [0.15, 0.2) is 42.5 Å². The van der Waals surface area contributed by atoms with Crippen molar-refractivity contribution < 1.29 is 9.90 Å². The number of hydrogen-bond donors (Lipinski definition) is 3. The maximum atomic E-state index is 11.1. The number of aryl methyl sites for hydroxylation is 4. The van der Waals surface area contributed by atoms with Gasteiger partial charge in [-0.1, -0.05) is 23.8 Å². The predicted octanol–water partition coefficient (Wildman–Crippen LogP) is 4.90. The van der Waals surface area contributed by atoms with E-state index in [4.69, 9.17) is 5.11 Å². The zero-order valence-corrected chi connectivity index (χ0v) is 15.8. The van der Waals surface area contributed by atoms with Crippen LogP contribution in [0.4, 0.5) is 23.0 Å². The Bertz CT molecular complexity index is 992. The second-order valence-electron chi connectivity index (χ2n) is 6.60. The van der Waals surface area contributed by atoms with E-state index in [1.807, 2.05) is 6.92 Å². The lowest BCUT2D eigenvalue weighted by Crippen LogP contribution is -2.04. The number of carboxylic acids is 1. The summed E-state index contributed by atoms with van der Waals surface area (Å²) in [5.41, 5.74) is 5.41. The molecule has 0 unspecified atom stereocenters. The molecule has 0 aliphatic heterocycles. The van der Waals surface area contributed by atoms with E-state index in [1.54, 1.807) is 30.3 Å². The average Bonchev–Trinajstić information content (AvgIpc) is 2.58. The number of benzene rings is 2. The van der Waals surface area contributed by atoms with Crippen LogP contribution in [0.5, 0.6) is 0 Å². The van der Waals surface area contributed by atoms with Crippen molar-refractivity contribution in [1.29, 1.82) is 0 Å². The molecule has 0 saturated carbocycles. The molecule has 0 aliphatic carbocycles. The van der Waals surface area contributed by atoms with Crippen LogP contribution in [-0.2, 0) is 0 Å². The van der Waals surface area contributed by atoms with Crippen molar-refractivity contribution in [1.82, 2.24) is 9.97 Å². The van der Waals surface area contributed by atoms with Crippen molar-refractivity contribution in [2.75, 3.05) is 10.6 Å². The highest BCUT2D eigenvalue weighted by Gasteiger charge is 2.09. The standard InChI is InChI=1S/C21H22N4O2/c1-12-8-13(2)20(14(3)9-12)25-19-11-18(22-15(4)23-19)24-17-7-5-6-16(10-17)21(26)27/h5-11H,1-4H3,(H,26,27)(H2,22,23,24,25). The first kappa shape index (κ1) is 18.4. The summed E-state index contributed by atoms with van der Waals surface area (Å²) in [6.45, 7) is 8.02. The van der Waals surface area contributed by atoms with Crippen molar-refractivity contribution >= 4 is 29.0 Å². The minimum atomic E-state index is -0.967. The lowest BCUT2D eigenvalue weighted by molar-refractivity contribution is 0.0697. The lowest BCUT2D eigenvalue weighted by atomic mass is 10.1. The molecular formula is C21H22N4O2. The van der Waals surface area contributed by atoms with Crippen LogP contribution >= 0.6 is 0 Å². The number of carbonyl (C=O) groups is 1. The Hall–Kier alpha value is -3.41. The van der Waals surface area contributed by atoms with Crippen LogP contribution in [0.1, 0.15) is 32.9 Å². The molecule has 0 amide bonds. The number of aromatic carboxylic acids is 1. The molecule has 0 spiro atoms. The molecule has 3 rings (SSSR count). The predicted molar refractivity (Wildman–Crippen MR) is 107 cm³/mol. The van der Waals surface area contributed by atoms with E-state index in [2.05, 4.69) is 53.5 Å². The van der Waals surface area contributed by atoms with Gasteiger partial charge in [-0.05, 0) is 57.0 Å². The first-order valence-corrected chi connectivity index (χ1v) is 8.63. The van der Waals surface area contributed by atoms with E-state index in [-0.39, 0.29) is 5.56 Å². The van der Waals surface area contributed by atoms with E-state index in [9.17, 15) is 4.79 Å². The van der Waals surface area contributed by atoms with Crippen LogP contribution in [0, 0.1) is 27.7 Å². The first-order valence-electron chi connectivity index (χ1n) is 8.63. The first-order chi connectivity index (χ1) is 12.8. The highest BCUT2D eigenvalue weighted by Crippen LogP contribution is 2.26. The van der Waals surface area contributed by atoms with Gasteiger partial charge in [0.1, 0.15) is 17.5 Å². The second kappa shape index (κ2) is 7.45. The maximum absolute atomic E-state index is 11.1. The molecule has 0 atom stereocenters. The van der Waals surface area contributed by atoms with Gasteiger partial charge in [-0.2, -0.15) is 0 Å². The fraction of sp³-hybridized carbons (Fsp3) is 0.190. The summed E-state index contributed by atoms with van der Waals surface area (Å²) < 4.78 is 0. The van der Waals surface area contributed by atoms with Crippen LogP contribution < -0.4 is 10.6 Å². The summed E-state index contributed by atoms with van der Waals surface area (Å²) in [7, 11) is 0. The zero-order valence-electron chi connectivity index (χ0n) is 15.8. The number of hydrogen-bond acceptors (Lipinski definition) is 5. The SMILES string of the molecule is Cc1cc(C)c(Nc2cc(Nc3cccc(C(=O)O)c3)nc(C)n2)c(C)c1. The molecule has 0 bridgehead atoms. The van der Waals surface area contributed by atoms with Gasteiger partial charge in [-0.3, -0.25) is 0 Å². The molecule has 0 aliphatic rings. The van der Waals surface area contributed by atoms with Gasteiger partial charge < -0.3 is 15.7 Å². The van der Waals surface area contributed by atoms with Gasteiger partial charge in [0.05, 0.1) is 5.56 Å². The zero-order chi connectivity index (χ0) is 19.6. The van der Waals surface area contributed by atoms with E-state index in [0.717, 1.165) is 16.8 Å².